The summed E-state index contributed by atoms with van der Waals surface area (Å²) in [6, 6.07) is 10.1. The van der Waals surface area contributed by atoms with Crippen LogP contribution in [0.2, 0.25) is 0 Å². The minimum Gasteiger partial charge on any atom is -0.506 e. The van der Waals surface area contributed by atoms with Crippen LogP contribution in [0.1, 0.15) is 15.9 Å². The Bertz CT molecular complexity index is 914. The molecule has 0 saturated carbocycles. The van der Waals surface area contributed by atoms with Gasteiger partial charge in [0.25, 0.3) is 11.5 Å². The molecule has 0 unspecified atom stereocenters. The van der Waals surface area contributed by atoms with E-state index in [1.807, 2.05) is 6.92 Å². The Kier molecular flexibility index (Phi) is 3.34. The predicted octanol–water partition coefficient (Wildman–Crippen LogP) is 2.19. The lowest BCUT2D eigenvalue weighted by Gasteiger charge is -2.08. The Labute approximate surface area is 125 Å². The van der Waals surface area contributed by atoms with Gasteiger partial charge in [0.15, 0.2) is 0 Å². The summed E-state index contributed by atoms with van der Waals surface area (Å²) in [7, 11) is 0. The van der Waals surface area contributed by atoms with Crippen LogP contribution in [0.25, 0.3) is 10.9 Å². The van der Waals surface area contributed by atoms with Gasteiger partial charge >= 0.3 is 0 Å². The highest BCUT2D eigenvalue weighted by Crippen LogP contribution is 2.24. The van der Waals surface area contributed by atoms with Gasteiger partial charge in [-0.2, -0.15) is 0 Å². The molecule has 0 aliphatic rings. The van der Waals surface area contributed by atoms with Gasteiger partial charge in [-0.15, -0.1) is 0 Å². The van der Waals surface area contributed by atoms with Crippen molar-refractivity contribution >= 4 is 22.6 Å². The fourth-order valence-corrected chi connectivity index (χ4v) is 2.16. The molecule has 0 aliphatic heterocycles. The van der Waals surface area contributed by atoms with Crippen LogP contribution in [0.15, 0.2) is 47.4 Å². The quantitative estimate of drug-likeness (QED) is 0.675. The molecule has 6 nitrogen and oxygen atoms in total. The third-order valence-corrected chi connectivity index (χ3v) is 3.27. The first-order valence-electron chi connectivity index (χ1n) is 6.64. The lowest BCUT2D eigenvalue weighted by Crippen LogP contribution is -2.23. The molecule has 2 heterocycles. The Balaban J connectivity index is 2.04. The highest BCUT2D eigenvalue weighted by atomic mass is 16.3. The van der Waals surface area contributed by atoms with Crippen molar-refractivity contribution < 1.29 is 9.90 Å². The molecule has 22 heavy (non-hydrogen) atoms. The van der Waals surface area contributed by atoms with Crippen LogP contribution in [0.5, 0.6) is 5.75 Å². The molecule has 0 radical (unpaired) electrons. The molecular weight excluding hydrogens is 282 g/mol. The SMILES string of the molecule is Cc1ccc(NC(=O)c2c(O)c3ccccc3[nH]c2=O)nc1. The molecule has 0 atom stereocenters. The number of rotatable bonds is 2. The zero-order valence-corrected chi connectivity index (χ0v) is 11.8. The second-order valence-electron chi connectivity index (χ2n) is 4.90. The van der Waals surface area contributed by atoms with Crippen molar-refractivity contribution in [3.63, 3.8) is 0 Å². The third-order valence-electron chi connectivity index (χ3n) is 3.27. The van der Waals surface area contributed by atoms with Crippen LogP contribution in [-0.2, 0) is 0 Å². The smallest absolute Gasteiger partial charge is 0.266 e. The molecule has 2 aromatic heterocycles. The number of aromatic amines is 1. The summed E-state index contributed by atoms with van der Waals surface area (Å²) >= 11 is 0. The van der Waals surface area contributed by atoms with Gasteiger partial charge in [-0.05, 0) is 30.7 Å². The van der Waals surface area contributed by atoms with Gasteiger partial charge in [0, 0.05) is 11.6 Å². The van der Waals surface area contributed by atoms with E-state index in [9.17, 15) is 14.7 Å². The van der Waals surface area contributed by atoms with E-state index >= 15 is 0 Å². The number of aromatic nitrogens is 2. The van der Waals surface area contributed by atoms with Crippen molar-refractivity contribution in [2.75, 3.05) is 5.32 Å². The highest BCUT2D eigenvalue weighted by Gasteiger charge is 2.19. The summed E-state index contributed by atoms with van der Waals surface area (Å²) in [4.78, 5) is 30.9. The summed E-state index contributed by atoms with van der Waals surface area (Å²) in [6.45, 7) is 1.87. The summed E-state index contributed by atoms with van der Waals surface area (Å²) in [5.41, 5.74) is 0.432. The topological polar surface area (TPSA) is 95.1 Å². The van der Waals surface area contributed by atoms with Gasteiger partial charge in [0.1, 0.15) is 17.1 Å². The average Bonchev–Trinajstić information content (AvgIpc) is 2.49. The Morgan fingerprint density at radius 3 is 2.73 bits per heavy atom. The molecule has 3 aromatic rings. The number of carbonyl (C=O) groups excluding carboxylic acids is 1. The number of benzene rings is 1. The Hall–Kier alpha value is -3.15. The molecule has 0 aliphatic carbocycles. The molecule has 3 rings (SSSR count). The molecule has 0 spiro atoms. The van der Waals surface area contributed by atoms with Crippen LogP contribution < -0.4 is 10.9 Å². The number of aromatic hydroxyl groups is 1. The molecule has 0 fully saturated rings. The van der Waals surface area contributed by atoms with E-state index in [2.05, 4.69) is 15.3 Å². The third kappa shape index (κ3) is 2.42. The molecule has 6 heteroatoms. The maximum absolute atomic E-state index is 12.3. The largest absolute Gasteiger partial charge is 0.506 e. The molecule has 0 bridgehead atoms. The monoisotopic (exact) mass is 295 g/mol. The molecular formula is C16H13N3O3. The van der Waals surface area contributed by atoms with Gasteiger partial charge in [0.2, 0.25) is 0 Å². The fourth-order valence-electron chi connectivity index (χ4n) is 2.16. The Morgan fingerprint density at radius 1 is 1.23 bits per heavy atom. The summed E-state index contributed by atoms with van der Waals surface area (Å²) in [6.07, 6.45) is 1.60. The number of fused-ring (bicyclic) bond motifs is 1. The van der Waals surface area contributed by atoms with Gasteiger partial charge in [-0.1, -0.05) is 18.2 Å². The van der Waals surface area contributed by atoms with E-state index in [0.717, 1.165) is 5.56 Å². The first kappa shape index (κ1) is 13.8. The number of hydrogen-bond donors (Lipinski definition) is 3. The molecule has 110 valence electrons. The van der Waals surface area contributed by atoms with Crippen molar-refractivity contribution in [2.24, 2.45) is 0 Å². The first-order chi connectivity index (χ1) is 10.6. The summed E-state index contributed by atoms with van der Waals surface area (Å²) in [5.74, 6) is -0.743. The Morgan fingerprint density at radius 2 is 2.00 bits per heavy atom. The van der Waals surface area contributed by atoms with E-state index in [1.165, 1.54) is 0 Å². The van der Waals surface area contributed by atoms with Crippen LogP contribution in [0.4, 0.5) is 5.82 Å². The van der Waals surface area contributed by atoms with E-state index in [-0.39, 0.29) is 11.3 Å². The van der Waals surface area contributed by atoms with Gasteiger partial charge in [0.05, 0.1) is 5.52 Å². The van der Waals surface area contributed by atoms with Gasteiger partial charge in [-0.3, -0.25) is 9.59 Å². The van der Waals surface area contributed by atoms with E-state index in [1.54, 1.807) is 42.6 Å². The predicted molar refractivity (Wildman–Crippen MR) is 83.2 cm³/mol. The standard InChI is InChI=1S/C16H13N3O3/c1-9-6-7-12(17-8-9)19-16(22)13-14(20)10-4-2-3-5-11(10)18-15(13)21/h2-8H,1H3,(H,17,19,22)(H2,18,20,21). The number of nitrogens with one attached hydrogen (secondary N) is 2. The number of carbonyl (C=O) groups is 1. The maximum atomic E-state index is 12.3. The minimum absolute atomic E-state index is 0.308. The number of amides is 1. The van der Waals surface area contributed by atoms with Gasteiger partial charge in [-0.25, -0.2) is 4.98 Å². The molecule has 0 saturated heterocycles. The number of para-hydroxylation sites is 1. The zero-order chi connectivity index (χ0) is 15.7. The lowest BCUT2D eigenvalue weighted by atomic mass is 10.1. The number of pyridine rings is 2. The van der Waals surface area contributed by atoms with Crippen molar-refractivity contribution in [3.05, 3.63) is 64.1 Å². The summed E-state index contributed by atoms with van der Waals surface area (Å²) < 4.78 is 0. The molecule has 1 amide bonds. The van der Waals surface area contributed by atoms with Crippen LogP contribution >= 0.6 is 0 Å². The fraction of sp³-hybridized carbons (Fsp3) is 0.0625. The maximum Gasteiger partial charge on any atom is 0.266 e. The van der Waals surface area contributed by atoms with Crippen molar-refractivity contribution in [3.8, 4) is 5.75 Å². The minimum atomic E-state index is -0.708. The van der Waals surface area contributed by atoms with Crippen LogP contribution in [0, 0.1) is 6.92 Å². The number of aryl methyl sites for hydroxylation is 1. The zero-order valence-electron chi connectivity index (χ0n) is 11.8. The van der Waals surface area contributed by atoms with E-state index < -0.39 is 11.5 Å². The molecule has 1 aromatic carbocycles. The lowest BCUT2D eigenvalue weighted by molar-refractivity contribution is 0.102. The van der Waals surface area contributed by atoms with E-state index in [0.29, 0.717) is 16.7 Å². The van der Waals surface area contributed by atoms with E-state index in [4.69, 9.17) is 0 Å². The molecule has 3 N–H and O–H groups in total. The highest BCUT2D eigenvalue weighted by molar-refractivity contribution is 6.08. The average molecular weight is 295 g/mol. The normalized spacial score (nSPS) is 10.6. The van der Waals surface area contributed by atoms with Crippen LogP contribution in [0.3, 0.4) is 0 Å². The van der Waals surface area contributed by atoms with Crippen molar-refractivity contribution in [1.29, 1.82) is 0 Å². The summed E-state index contributed by atoms with van der Waals surface area (Å²) in [5, 5.41) is 13.1. The van der Waals surface area contributed by atoms with Gasteiger partial charge < -0.3 is 15.4 Å². The number of hydrogen-bond acceptors (Lipinski definition) is 4. The number of nitrogens with zero attached hydrogens (tertiary/aromatic N) is 1. The van der Waals surface area contributed by atoms with Crippen molar-refractivity contribution in [2.45, 2.75) is 6.92 Å². The van der Waals surface area contributed by atoms with Crippen LogP contribution in [-0.4, -0.2) is 21.0 Å². The second kappa shape index (κ2) is 5.33. The first-order valence-corrected chi connectivity index (χ1v) is 6.64. The second-order valence-corrected chi connectivity index (χ2v) is 4.90. The number of anilines is 1. The van der Waals surface area contributed by atoms with Crippen molar-refractivity contribution in [1.82, 2.24) is 9.97 Å². The number of H-pyrrole nitrogens is 1.